The number of aromatic amines is 1. The lowest BCUT2D eigenvalue weighted by molar-refractivity contribution is -0.169. The van der Waals surface area contributed by atoms with Gasteiger partial charge in [-0.25, -0.2) is 4.98 Å². The first kappa shape index (κ1) is 20.8. The summed E-state index contributed by atoms with van der Waals surface area (Å²) in [7, 11) is 0. The molecular weight excluding hydrogens is 410 g/mol. The molecule has 168 valence electrons. The van der Waals surface area contributed by atoms with Crippen molar-refractivity contribution >= 4 is 11.7 Å². The summed E-state index contributed by atoms with van der Waals surface area (Å²) in [5.74, 6) is 0.885. The molecule has 1 aromatic carbocycles. The molecule has 2 aliphatic rings. The SMILES string of the molecule is O=C(N1CCOCC1)C1(OCc2cc(=O)n3[nH]c(-c4ccccc4)nc3n2)CCCCC1. The third-order valence-corrected chi connectivity index (χ3v) is 6.28. The van der Waals surface area contributed by atoms with Gasteiger partial charge in [0.05, 0.1) is 25.5 Å². The topological polar surface area (TPSA) is 102 Å². The second kappa shape index (κ2) is 8.84. The number of carbonyl (C=O) groups excluding carboxylic acids is 1. The van der Waals surface area contributed by atoms with E-state index in [1.807, 2.05) is 35.2 Å². The molecule has 1 aliphatic carbocycles. The van der Waals surface area contributed by atoms with Crippen LogP contribution in [-0.2, 0) is 20.9 Å². The number of aromatic nitrogens is 4. The van der Waals surface area contributed by atoms with Crippen LogP contribution in [0.25, 0.3) is 17.2 Å². The molecule has 3 heterocycles. The van der Waals surface area contributed by atoms with E-state index in [2.05, 4.69) is 15.1 Å². The average Bonchev–Trinajstić information content (AvgIpc) is 3.29. The Morgan fingerprint density at radius 3 is 2.59 bits per heavy atom. The number of benzene rings is 1. The number of rotatable bonds is 5. The third kappa shape index (κ3) is 4.05. The van der Waals surface area contributed by atoms with Gasteiger partial charge in [-0.15, -0.1) is 0 Å². The van der Waals surface area contributed by atoms with Crippen molar-refractivity contribution in [3.05, 3.63) is 52.4 Å². The van der Waals surface area contributed by atoms with Gasteiger partial charge in [0.15, 0.2) is 5.82 Å². The number of hydrogen-bond donors (Lipinski definition) is 1. The van der Waals surface area contributed by atoms with E-state index in [1.54, 1.807) is 0 Å². The van der Waals surface area contributed by atoms with E-state index in [1.165, 1.54) is 10.6 Å². The quantitative estimate of drug-likeness (QED) is 0.656. The summed E-state index contributed by atoms with van der Waals surface area (Å²) >= 11 is 0. The largest absolute Gasteiger partial charge is 0.378 e. The zero-order valence-corrected chi connectivity index (χ0v) is 18.0. The first-order valence-corrected chi connectivity index (χ1v) is 11.2. The summed E-state index contributed by atoms with van der Waals surface area (Å²) in [6.45, 7) is 2.38. The van der Waals surface area contributed by atoms with Gasteiger partial charge in [-0.05, 0) is 12.8 Å². The number of hydrogen-bond acceptors (Lipinski definition) is 6. The fourth-order valence-corrected chi connectivity index (χ4v) is 4.54. The lowest BCUT2D eigenvalue weighted by Crippen LogP contribution is -2.54. The van der Waals surface area contributed by atoms with Crippen LogP contribution in [0.1, 0.15) is 37.8 Å². The molecule has 2 fully saturated rings. The van der Waals surface area contributed by atoms with Gasteiger partial charge in [-0.2, -0.15) is 9.50 Å². The van der Waals surface area contributed by atoms with E-state index in [4.69, 9.17) is 9.47 Å². The van der Waals surface area contributed by atoms with Gasteiger partial charge in [0.1, 0.15) is 5.60 Å². The van der Waals surface area contributed by atoms with Crippen LogP contribution < -0.4 is 5.56 Å². The monoisotopic (exact) mass is 437 g/mol. The number of ether oxygens (including phenoxy) is 2. The number of nitrogens with zero attached hydrogens (tertiary/aromatic N) is 4. The molecule has 32 heavy (non-hydrogen) atoms. The molecule has 0 bridgehead atoms. The zero-order valence-electron chi connectivity index (χ0n) is 18.0. The second-order valence-electron chi connectivity index (χ2n) is 8.41. The lowest BCUT2D eigenvalue weighted by Gasteiger charge is -2.40. The van der Waals surface area contributed by atoms with E-state index >= 15 is 0 Å². The van der Waals surface area contributed by atoms with Gasteiger partial charge in [0.2, 0.25) is 0 Å². The average molecular weight is 438 g/mol. The molecule has 5 rings (SSSR count). The van der Waals surface area contributed by atoms with Crippen molar-refractivity contribution in [2.75, 3.05) is 26.3 Å². The van der Waals surface area contributed by atoms with Gasteiger partial charge >= 0.3 is 0 Å². The number of morpholine rings is 1. The highest BCUT2D eigenvalue weighted by molar-refractivity contribution is 5.85. The van der Waals surface area contributed by atoms with E-state index in [0.29, 0.717) is 50.7 Å². The van der Waals surface area contributed by atoms with E-state index < -0.39 is 5.60 Å². The molecule has 0 unspecified atom stereocenters. The Kier molecular flexibility index (Phi) is 5.75. The summed E-state index contributed by atoms with van der Waals surface area (Å²) in [6.07, 6.45) is 4.37. The Balaban J connectivity index is 1.39. The predicted octanol–water partition coefficient (Wildman–Crippen LogP) is 2.16. The van der Waals surface area contributed by atoms with Crippen molar-refractivity contribution in [1.82, 2.24) is 24.5 Å². The summed E-state index contributed by atoms with van der Waals surface area (Å²) in [5.41, 5.74) is 0.220. The van der Waals surface area contributed by atoms with Gasteiger partial charge in [-0.3, -0.25) is 14.7 Å². The summed E-state index contributed by atoms with van der Waals surface area (Å²) < 4.78 is 13.0. The Labute approximate surface area is 185 Å². The lowest BCUT2D eigenvalue weighted by atomic mass is 9.83. The van der Waals surface area contributed by atoms with Crippen LogP contribution in [0.15, 0.2) is 41.2 Å². The van der Waals surface area contributed by atoms with Gasteiger partial charge in [-0.1, -0.05) is 49.6 Å². The van der Waals surface area contributed by atoms with Crippen LogP contribution in [-0.4, -0.2) is 62.3 Å². The molecule has 0 radical (unpaired) electrons. The first-order chi connectivity index (χ1) is 15.6. The molecule has 9 heteroatoms. The highest BCUT2D eigenvalue weighted by Crippen LogP contribution is 2.34. The number of nitrogens with one attached hydrogen (secondary N) is 1. The number of amides is 1. The minimum Gasteiger partial charge on any atom is -0.378 e. The van der Waals surface area contributed by atoms with Crippen molar-refractivity contribution in [1.29, 1.82) is 0 Å². The molecule has 1 aliphatic heterocycles. The highest BCUT2D eigenvalue weighted by atomic mass is 16.5. The molecular formula is C23H27N5O4. The zero-order chi connectivity index (χ0) is 22.0. The van der Waals surface area contributed by atoms with Crippen molar-refractivity contribution in [3.8, 4) is 11.4 Å². The van der Waals surface area contributed by atoms with Gasteiger partial charge in [0.25, 0.3) is 17.2 Å². The molecule has 0 atom stereocenters. The summed E-state index contributed by atoms with van der Waals surface area (Å²) in [5, 5.41) is 3.00. The Morgan fingerprint density at radius 2 is 1.84 bits per heavy atom. The maximum atomic E-state index is 13.4. The van der Waals surface area contributed by atoms with Crippen LogP contribution in [0.4, 0.5) is 0 Å². The van der Waals surface area contributed by atoms with E-state index in [-0.39, 0.29) is 23.9 Å². The summed E-state index contributed by atoms with van der Waals surface area (Å²) in [4.78, 5) is 36.9. The maximum absolute atomic E-state index is 13.4. The Morgan fingerprint density at radius 1 is 1.09 bits per heavy atom. The minimum absolute atomic E-state index is 0.0319. The van der Waals surface area contributed by atoms with Crippen molar-refractivity contribution in [2.24, 2.45) is 0 Å². The molecule has 9 nitrogen and oxygen atoms in total. The molecule has 3 aromatic rings. The van der Waals surface area contributed by atoms with Gasteiger partial charge < -0.3 is 14.4 Å². The van der Waals surface area contributed by atoms with Crippen molar-refractivity contribution in [3.63, 3.8) is 0 Å². The fraction of sp³-hybridized carbons (Fsp3) is 0.478. The number of H-pyrrole nitrogens is 1. The van der Waals surface area contributed by atoms with Crippen molar-refractivity contribution in [2.45, 2.75) is 44.3 Å². The Bertz CT molecular complexity index is 1140. The third-order valence-electron chi connectivity index (χ3n) is 6.28. The Hall–Kier alpha value is -3.04. The maximum Gasteiger partial charge on any atom is 0.274 e. The number of fused-ring (bicyclic) bond motifs is 1. The van der Waals surface area contributed by atoms with Crippen LogP contribution in [0.2, 0.25) is 0 Å². The van der Waals surface area contributed by atoms with Crippen LogP contribution in [0, 0.1) is 0 Å². The molecule has 2 aromatic heterocycles. The molecule has 1 saturated heterocycles. The van der Waals surface area contributed by atoms with Crippen LogP contribution >= 0.6 is 0 Å². The molecule has 1 saturated carbocycles. The molecule has 1 amide bonds. The van der Waals surface area contributed by atoms with Gasteiger partial charge in [0, 0.05) is 24.7 Å². The smallest absolute Gasteiger partial charge is 0.274 e. The number of carbonyl (C=O) groups is 1. The first-order valence-electron chi connectivity index (χ1n) is 11.2. The highest BCUT2D eigenvalue weighted by Gasteiger charge is 2.43. The predicted molar refractivity (Wildman–Crippen MR) is 117 cm³/mol. The van der Waals surface area contributed by atoms with E-state index in [9.17, 15) is 9.59 Å². The normalized spacial score (nSPS) is 18.7. The minimum atomic E-state index is -0.858. The molecule has 1 N–H and O–H groups in total. The van der Waals surface area contributed by atoms with Crippen LogP contribution in [0.3, 0.4) is 0 Å². The fourth-order valence-electron chi connectivity index (χ4n) is 4.54. The standard InChI is InChI=1S/C23H27N5O4/c29-19-15-18(24-22-25-20(26-28(19)22)17-7-3-1-4-8-17)16-32-23(9-5-2-6-10-23)21(30)27-11-13-31-14-12-27/h1,3-4,7-8,15H,2,5-6,9-14,16H2,(H,24,25,26). The summed E-state index contributed by atoms with van der Waals surface area (Å²) in [6, 6.07) is 11.0. The van der Waals surface area contributed by atoms with E-state index in [0.717, 1.165) is 24.8 Å². The van der Waals surface area contributed by atoms with Crippen molar-refractivity contribution < 1.29 is 14.3 Å². The second-order valence-corrected chi connectivity index (χ2v) is 8.41. The molecule has 0 spiro atoms. The van der Waals surface area contributed by atoms with Crippen LogP contribution in [0.5, 0.6) is 0 Å².